The minimum Gasteiger partial charge on any atom is -0.507 e. The number of carbonyl (C=O) groups excluding carboxylic acids is 1. The Morgan fingerprint density at radius 1 is 1.47 bits per heavy atom. The Hall–Kier alpha value is -1.60. The van der Waals surface area contributed by atoms with Crippen molar-refractivity contribution in [3.8, 4) is 17.0 Å². The van der Waals surface area contributed by atoms with Gasteiger partial charge in [0.05, 0.1) is 5.02 Å². The molecular weight excluding hydrogens is 311 g/mol. The molecule has 8 heteroatoms. The van der Waals surface area contributed by atoms with E-state index in [9.17, 15) is 9.90 Å². The molecule has 17 heavy (non-hydrogen) atoms. The number of aromatic nitrogens is 3. The number of carbonyl (C=O) groups is 1. The van der Waals surface area contributed by atoms with E-state index in [4.69, 9.17) is 17.3 Å². The third-order valence-electron chi connectivity index (χ3n) is 2.08. The number of phenolic OH excluding ortho intramolecular Hbond substituents is 1. The van der Waals surface area contributed by atoms with Gasteiger partial charge in [-0.05, 0) is 28.1 Å². The van der Waals surface area contributed by atoms with Crippen LogP contribution in [0.15, 0.2) is 16.6 Å². The number of nitrogens with zero attached hydrogens (tertiary/aromatic N) is 2. The molecular formula is C9H6BrClN4O2. The number of nitrogens with two attached hydrogens (primary N) is 1. The molecule has 0 fully saturated rings. The molecule has 1 aromatic heterocycles. The lowest BCUT2D eigenvalue weighted by Crippen LogP contribution is -2.12. The molecule has 0 spiro atoms. The van der Waals surface area contributed by atoms with Crippen LogP contribution in [-0.4, -0.2) is 26.4 Å². The van der Waals surface area contributed by atoms with Crippen LogP contribution in [0.3, 0.4) is 0 Å². The topological polar surface area (TPSA) is 105 Å². The maximum Gasteiger partial charge on any atom is 0.271 e. The van der Waals surface area contributed by atoms with Crippen molar-refractivity contribution in [2.75, 3.05) is 0 Å². The summed E-state index contributed by atoms with van der Waals surface area (Å²) in [4.78, 5) is 11.1. The molecule has 1 aromatic carbocycles. The summed E-state index contributed by atoms with van der Waals surface area (Å²) >= 11 is 9.07. The van der Waals surface area contributed by atoms with Gasteiger partial charge in [-0.3, -0.25) is 4.79 Å². The average Bonchev–Trinajstić information content (AvgIpc) is 2.72. The van der Waals surface area contributed by atoms with Gasteiger partial charge in [-0.25, -0.2) is 0 Å². The lowest BCUT2D eigenvalue weighted by molar-refractivity contribution is 0.0996. The molecule has 0 radical (unpaired) electrons. The standard InChI is InChI=1S/C9H6BrClN4O2/c10-4-2-6(16)3(1-5(4)11)7-8(9(12)17)14-15-13-7/h1-2,16H,(H2,12,17)(H,13,14,15). The fourth-order valence-electron chi connectivity index (χ4n) is 1.32. The molecule has 0 unspecified atom stereocenters. The normalized spacial score (nSPS) is 10.5. The summed E-state index contributed by atoms with van der Waals surface area (Å²) in [6.45, 7) is 0. The van der Waals surface area contributed by atoms with E-state index in [1.807, 2.05) is 0 Å². The molecule has 0 saturated heterocycles. The van der Waals surface area contributed by atoms with Crippen LogP contribution in [-0.2, 0) is 0 Å². The Morgan fingerprint density at radius 2 is 2.18 bits per heavy atom. The zero-order valence-electron chi connectivity index (χ0n) is 8.24. The highest BCUT2D eigenvalue weighted by molar-refractivity contribution is 9.10. The van der Waals surface area contributed by atoms with Crippen LogP contribution in [0.1, 0.15) is 10.5 Å². The second-order valence-corrected chi connectivity index (χ2v) is 4.43. The summed E-state index contributed by atoms with van der Waals surface area (Å²) in [5.74, 6) is -0.829. The average molecular weight is 318 g/mol. The number of hydrogen-bond acceptors (Lipinski definition) is 4. The van der Waals surface area contributed by atoms with Crippen molar-refractivity contribution in [3.05, 3.63) is 27.3 Å². The number of aromatic amines is 1. The molecule has 0 saturated carbocycles. The highest BCUT2D eigenvalue weighted by Crippen LogP contribution is 2.36. The van der Waals surface area contributed by atoms with E-state index in [0.717, 1.165) is 0 Å². The Bertz CT molecular complexity index is 599. The number of hydrogen-bond donors (Lipinski definition) is 3. The highest BCUT2D eigenvalue weighted by Gasteiger charge is 2.19. The molecule has 2 rings (SSSR count). The first-order valence-corrected chi connectivity index (χ1v) is 5.56. The summed E-state index contributed by atoms with van der Waals surface area (Å²) in [5, 5.41) is 19.8. The van der Waals surface area contributed by atoms with Gasteiger partial charge in [0.1, 0.15) is 11.4 Å². The van der Waals surface area contributed by atoms with Gasteiger partial charge < -0.3 is 10.8 Å². The third kappa shape index (κ3) is 2.11. The van der Waals surface area contributed by atoms with E-state index >= 15 is 0 Å². The van der Waals surface area contributed by atoms with Gasteiger partial charge >= 0.3 is 0 Å². The van der Waals surface area contributed by atoms with Crippen LogP contribution in [0.2, 0.25) is 5.02 Å². The largest absolute Gasteiger partial charge is 0.507 e. The van der Waals surface area contributed by atoms with Crippen molar-refractivity contribution in [1.29, 1.82) is 0 Å². The predicted molar refractivity (Wildman–Crippen MR) is 64.7 cm³/mol. The number of rotatable bonds is 2. The monoisotopic (exact) mass is 316 g/mol. The van der Waals surface area contributed by atoms with Gasteiger partial charge in [0.2, 0.25) is 0 Å². The van der Waals surface area contributed by atoms with Gasteiger partial charge in [0, 0.05) is 10.0 Å². The fraction of sp³-hybridized carbons (Fsp3) is 0. The number of benzene rings is 1. The maximum atomic E-state index is 11.1. The van der Waals surface area contributed by atoms with Crippen LogP contribution in [0.4, 0.5) is 0 Å². The Labute approximate surface area is 109 Å². The number of H-pyrrole nitrogens is 1. The Kier molecular flexibility index (Phi) is 3.03. The molecule has 88 valence electrons. The maximum absolute atomic E-state index is 11.1. The molecule has 1 heterocycles. The van der Waals surface area contributed by atoms with E-state index < -0.39 is 5.91 Å². The van der Waals surface area contributed by atoms with Crippen LogP contribution >= 0.6 is 27.5 Å². The summed E-state index contributed by atoms with van der Waals surface area (Å²) in [6, 6.07) is 2.86. The minimum absolute atomic E-state index is 0.0568. The molecule has 0 bridgehead atoms. The molecule has 0 atom stereocenters. The number of primary amides is 1. The number of amides is 1. The predicted octanol–water partition coefficient (Wildman–Crippen LogP) is 1.69. The third-order valence-corrected chi connectivity index (χ3v) is 3.27. The molecule has 6 nitrogen and oxygen atoms in total. The van der Waals surface area contributed by atoms with E-state index in [0.29, 0.717) is 9.50 Å². The Balaban J connectivity index is 2.64. The van der Waals surface area contributed by atoms with E-state index in [-0.39, 0.29) is 22.7 Å². The first-order valence-electron chi connectivity index (χ1n) is 4.39. The first kappa shape index (κ1) is 11.9. The van der Waals surface area contributed by atoms with Crippen LogP contribution < -0.4 is 5.73 Å². The molecule has 2 aromatic rings. The zero-order chi connectivity index (χ0) is 12.6. The Morgan fingerprint density at radius 3 is 2.82 bits per heavy atom. The summed E-state index contributed by atoms with van der Waals surface area (Å²) in [5.41, 5.74) is 5.51. The van der Waals surface area contributed by atoms with Crippen LogP contribution in [0.25, 0.3) is 11.3 Å². The molecule has 1 amide bonds. The fourth-order valence-corrected chi connectivity index (χ4v) is 1.81. The van der Waals surface area contributed by atoms with Crippen molar-refractivity contribution in [2.45, 2.75) is 0 Å². The number of nitrogens with one attached hydrogen (secondary N) is 1. The van der Waals surface area contributed by atoms with Crippen LogP contribution in [0, 0.1) is 0 Å². The van der Waals surface area contributed by atoms with Gasteiger partial charge in [-0.1, -0.05) is 11.6 Å². The van der Waals surface area contributed by atoms with Crippen molar-refractivity contribution in [2.24, 2.45) is 5.73 Å². The lowest BCUT2D eigenvalue weighted by atomic mass is 10.1. The summed E-state index contributed by atoms with van der Waals surface area (Å²) in [6.07, 6.45) is 0. The van der Waals surface area contributed by atoms with E-state index in [1.54, 1.807) is 0 Å². The number of halogens is 2. The van der Waals surface area contributed by atoms with Gasteiger partial charge in [-0.2, -0.15) is 15.4 Å². The van der Waals surface area contributed by atoms with Gasteiger partial charge in [0.15, 0.2) is 5.69 Å². The first-order chi connectivity index (χ1) is 8.00. The SMILES string of the molecule is NC(=O)c1n[nH]nc1-c1cc(Cl)c(Br)cc1O. The van der Waals surface area contributed by atoms with Crippen molar-refractivity contribution in [3.63, 3.8) is 0 Å². The lowest BCUT2D eigenvalue weighted by Gasteiger charge is -2.04. The second kappa shape index (κ2) is 4.34. The number of phenols is 1. The number of aromatic hydroxyl groups is 1. The van der Waals surface area contributed by atoms with Gasteiger partial charge in [0.25, 0.3) is 5.91 Å². The smallest absolute Gasteiger partial charge is 0.271 e. The summed E-state index contributed by atoms with van der Waals surface area (Å²) in [7, 11) is 0. The molecule has 0 aliphatic rings. The molecule has 4 N–H and O–H groups in total. The van der Waals surface area contributed by atoms with E-state index in [2.05, 4.69) is 31.3 Å². The summed E-state index contributed by atoms with van der Waals surface area (Å²) < 4.78 is 0.532. The quantitative estimate of drug-likeness (QED) is 0.784. The van der Waals surface area contributed by atoms with Crippen LogP contribution in [0.5, 0.6) is 5.75 Å². The minimum atomic E-state index is -0.743. The molecule has 0 aliphatic carbocycles. The molecule has 0 aliphatic heterocycles. The van der Waals surface area contributed by atoms with Gasteiger partial charge in [-0.15, -0.1) is 0 Å². The van der Waals surface area contributed by atoms with Crippen molar-refractivity contribution in [1.82, 2.24) is 15.4 Å². The van der Waals surface area contributed by atoms with E-state index in [1.165, 1.54) is 12.1 Å². The van der Waals surface area contributed by atoms with Crippen molar-refractivity contribution < 1.29 is 9.90 Å². The highest BCUT2D eigenvalue weighted by atomic mass is 79.9. The zero-order valence-corrected chi connectivity index (χ0v) is 10.6. The second-order valence-electron chi connectivity index (χ2n) is 3.17. The van der Waals surface area contributed by atoms with Crippen molar-refractivity contribution >= 4 is 33.4 Å².